The van der Waals surface area contributed by atoms with Crippen LogP contribution in [0.2, 0.25) is 0 Å². The normalized spacial score (nSPS) is 14.8. The third-order valence-electron chi connectivity index (χ3n) is 7.80. The number of fused-ring (bicyclic) bond motifs is 2. The smallest absolute Gasteiger partial charge is 0.169 e. The molecule has 1 saturated carbocycles. The number of H-pyrrole nitrogens is 2. The van der Waals surface area contributed by atoms with Crippen LogP contribution in [0, 0.1) is 5.92 Å². The van der Waals surface area contributed by atoms with E-state index in [2.05, 4.69) is 42.6 Å². The van der Waals surface area contributed by atoms with Crippen molar-refractivity contribution in [1.82, 2.24) is 25.1 Å². The zero-order valence-electron chi connectivity index (χ0n) is 21.9. The highest BCUT2D eigenvalue weighted by molar-refractivity contribution is 7.17. The number of rotatable bonds is 7. The number of anilines is 1. The summed E-state index contributed by atoms with van der Waals surface area (Å²) in [7, 11) is 0. The van der Waals surface area contributed by atoms with E-state index in [4.69, 9.17) is 0 Å². The highest BCUT2D eigenvalue weighted by atomic mass is 32.1. The summed E-state index contributed by atoms with van der Waals surface area (Å²) in [6.45, 7) is 1.59. The Morgan fingerprint density at radius 3 is 2.75 bits per heavy atom. The van der Waals surface area contributed by atoms with Crippen LogP contribution in [-0.2, 0) is 0 Å². The fraction of sp³-hybridized carbons (Fsp3) is 0.226. The van der Waals surface area contributed by atoms with Crippen LogP contribution in [0.25, 0.3) is 54.9 Å². The number of carbonyl (C=O) groups excluding carboxylic acids is 1. The van der Waals surface area contributed by atoms with Crippen molar-refractivity contribution in [2.24, 2.45) is 5.92 Å². The maximum absolute atomic E-state index is 11.8. The van der Waals surface area contributed by atoms with Crippen molar-refractivity contribution in [2.45, 2.75) is 38.8 Å². The first kappa shape index (κ1) is 24.7. The molecule has 5 aromatic heterocycles. The molecule has 0 spiro atoms. The number of aromatic nitrogens is 5. The standard InChI is InChI=1S/C31H28N6O2S/c1-17(38)27-8-9-28(40-27)22-10-11-33-30-23(22)14-26(35-30)29-24-13-19(6-7-25(24)36-37-29)20-12-21(16-32-15-20)34-31(39)18-4-2-3-5-18/h6-16,18,31,34,39H,2-5H2,1H3,(H,33,35)(H,36,37). The van der Waals surface area contributed by atoms with E-state index >= 15 is 0 Å². The Labute approximate surface area is 234 Å². The van der Waals surface area contributed by atoms with E-state index < -0.39 is 6.23 Å². The van der Waals surface area contributed by atoms with Gasteiger partial charge in [0.05, 0.1) is 28.0 Å². The summed E-state index contributed by atoms with van der Waals surface area (Å²) in [6.07, 6.45) is 9.27. The van der Waals surface area contributed by atoms with Gasteiger partial charge in [-0.2, -0.15) is 5.10 Å². The molecule has 7 rings (SSSR count). The molecular weight excluding hydrogens is 520 g/mol. The molecular formula is C31H28N6O2S. The molecule has 0 aliphatic heterocycles. The zero-order chi connectivity index (χ0) is 27.2. The van der Waals surface area contributed by atoms with Crippen molar-refractivity contribution >= 4 is 44.7 Å². The molecule has 1 atom stereocenters. The fourth-order valence-electron chi connectivity index (χ4n) is 5.68. The quantitative estimate of drug-likeness (QED) is 0.126. The molecule has 1 aliphatic carbocycles. The summed E-state index contributed by atoms with van der Waals surface area (Å²) < 4.78 is 0. The average molecular weight is 549 g/mol. The second-order valence-electron chi connectivity index (χ2n) is 10.5. The van der Waals surface area contributed by atoms with Crippen LogP contribution in [0.1, 0.15) is 42.3 Å². The zero-order valence-corrected chi connectivity index (χ0v) is 22.8. The number of hydrogen-bond donors (Lipinski definition) is 4. The number of aromatic amines is 2. The van der Waals surface area contributed by atoms with Crippen LogP contribution >= 0.6 is 11.3 Å². The minimum atomic E-state index is -0.564. The van der Waals surface area contributed by atoms with Gasteiger partial charge >= 0.3 is 0 Å². The molecule has 1 aliphatic rings. The third-order valence-corrected chi connectivity index (χ3v) is 9.02. The number of aliphatic hydroxyl groups is 1. The Morgan fingerprint density at radius 1 is 1.05 bits per heavy atom. The summed E-state index contributed by atoms with van der Waals surface area (Å²) in [5.74, 6) is 0.354. The summed E-state index contributed by atoms with van der Waals surface area (Å²) in [6, 6.07) is 16.1. The number of carbonyl (C=O) groups is 1. The maximum atomic E-state index is 11.8. The number of benzene rings is 1. The topological polar surface area (TPSA) is 120 Å². The molecule has 6 aromatic rings. The average Bonchev–Trinajstić information content (AvgIpc) is 3.78. The van der Waals surface area contributed by atoms with Crippen molar-refractivity contribution < 1.29 is 9.90 Å². The molecule has 0 bridgehead atoms. The van der Waals surface area contributed by atoms with Gasteiger partial charge in [-0.05, 0) is 67.8 Å². The largest absolute Gasteiger partial charge is 0.374 e. The van der Waals surface area contributed by atoms with Gasteiger partial charge in [-0.1, -0.05) is 18.9 Å². The number of nitrogens with zero attached hydrogens (tertiary/aromatic N) is 3. The highest BCUT2D eigenvalue weighted by Gasteiger charge is 2.23. The second kappa shape index (κ2) is 10.0. The van der Waals surface area contributed by atoms with Gasteiger partial charge in [-0.3, -0.25) is 14.9 Å². The van der Waals surface area contributed by atoms with Crippen molar-refractivity contribution in [3.8, 4) is 33.0 Å². The van der Waals surface area contributed by atoms with Crippen molar-refractivity contribution in [2.75, 3.05) is 5.32 Å². The van der Waals surface area contributed by atoms with E-state index in [0.29, 0.717) is 0 Å². The highest BCUT2D eigenvalue weighted by Crippen LogP contribution is 2.37. The number of ketones is 1. The van der Waals surface area contributed by atoms with Gasteiger partial charge in [0.15, 0.2) is 5.78 Å². The summed E-state index contributed by atoms with van der Waals surface area (Å²) >= 11 is 1.49. The molecule has 1 fully saturated rings. The van der Waals surface area contributed by atoms with Gasteiger partial charge < -0.3 is 15.4 Å². The Bertz CT molecular complexity index is 1860. The lowest BCUT2D eigenvalue weighted by Gasteiger charge is -2.20. The Hall–Kier alpha value is -4.34. The molecule has 1 aromatic carbocycles. The van der Waals surface area contributed by atoms with Crippen molar-refractivity contribution in [1.29, 1.82) is 0 Å². The van der Waals surface area contributed by atoms with E-state index in [1.807, 2.05) is 42.6 Å². The van der Waals surface area contributed by atoms with Crippen LogP contribution in [0.5, 0.6) is 0 Å². The second-order valence-corrected chi connectivity index (χ2v) is 11.5. The maximum Gasteiger partial charge on any atom is 0.169 e. The van der Waals surface area contributed by atoms with Gasteiger partial charge in [0.2, 0.25) is 0 Å². The van der Waals surface area contributed by atoms with Crippen LogP contribution in [-0.4, -0.2) is 42.3 Å². The number of Topliss-reactive ketones (excluding diaryl/α,β-unsaturated/α-hetero) is 1. The van der Waals surface area contributed by atoms with E-state index in [9.17, 15) is 9.90 Å². The van der Waals surface area contributed by atoms with Crippen LogP contribution in [0.3, 0.4) is 0 Å². The monoisotopic (exact) mass is 548 g/mol. The first-order valence-corrected chi connectivity index (χ1v) is 14.3. The molecule has 9 heteroatoms. The number of hydrogen-bond acceptors (Lipinski definition) is 7. The summed E-state index contributed by atoms with van der Waals surface area (Å²) in [5.41, 5.74) is 7.14. The lowest BCUT2D eigenvalue weighted by atomic mass is 10.0. The first-order chi connectivity index (χ1) is 19.5. The van der Waals surface area contributed by atoms with Gasteiger partial charge in [0.25, 0.3) is 0 Å². The van der Waals surface area contributed by atoms with E-state index in [1.54, 1.807) is 19.3 Å². The number of nitrogens with one attached hydrogen (secondary N) is 3. The minimum absolute atomic E-state index is 0.0663. The van der Waals surface area contributed by atoms with Crippen LogP contribution < -0.4 is 5.32 Å². The lowest BCUT2D eigenvalue weighted by molar-refractivity contribution is 0.102. The van der Waals surface area contributed by atoms with Gasteiger partial charge in [0, 0.05) is 45.1 Å². The molecule has 40 heavy (non-hydrogen) atoms. The molecule has 4 N–H and O–H groups in total. The summed E-state index contributed by atoms with van der Waals surface area (Å²) in [4.78, 5) is 26.0. The fourth-order valence-corrected chi connectivity index (χ4v) is 6.62. The third kappa shape index (κ3) is 4.47. The van der Waals surface area contributed by atoms with Gasteiger partial charge in [-0.25, -0.2) is 4.98 Å². The molecule has 5 heterocycles. The van der Waals surface area contributed by atoms with Gasteiger partial charge in [0.1, 0.15) is 17.6 Å². The van der Waals surface area contributed by atoms with Crippen molar-refractivity contribution in [3.63, 3.8) is 0 Å². The minimum Gasteiger partial charge on any atom is -0.374 e. The number of aliphatic hydroxyl groups excluding tert-OH is 1. The Balaban J connectivity index is 1.23. The molecule has 0 saturated heterocycles. The lowest BCUT2D eigenvalue weighted by Crippen LogP contribution is -2.26. The van der Waals surface area contributed by atoms with Crippen LogP contribution in [0.4, 0.5) is 5.69 Å². The SMILES string of the molecule is CC(=O)c1ccc(-c2ccnc3[nH]c(-c4n[nH]c5ccc(-c6cncc(NC(O)C7CCCC7)c6)cc45)cc23)s1. The molecule has 0 amide bonds. The molecule has 200 valence electrons. The first-order valence-electron chi connectivity index (χ1n) is 13.5. The Kier molecular flexibility index (Phi) is 6.17. The van der Waals surface area contributed by atoms with Crippen molar-refractivity contribution in [3.05, 3.63) is 72.0 Å². The van der Waals surface area contributed by atoms with E-state index in [0.717, 1.165) is 78.3 Å². The van der Waals surface area contributed by atoms with Gasteiger partial charge in [-0.15, -0.1) is 11.3 Å². The number of pyridine rings is 2. The van der Waals surface area contributed by atoms with Crippen LogP contribution in [0.15, 0.2) is 67.1 Å². The molecule has 8 nitrogen and oxygen atoms in total. The summed E-state index contributed by atoms with van der Waals surface area (Å²) in [5, 5.41) is 23.6. The predicted molar refractivity (Wildman–Crippen MR) is 159 cm³/mol. The number of thiophene rings is 1. The van der Waals surface area contributed by atoms with E-state index in [-0.39, 0.29) is 11.7 Å². The molecule has 0 radical (unpaired) electrons. The Morgan fingerprint density at radius 2 is 1.93 bits per heavy atom. The van der Waals surface area contributed by atoms with E-state index in [1.165, 1.54) is 24.2 Å². The molecule has 1 unspecified atom stereocenters. The predicted octanol–water partition coefficient (Wildman–Crippen LogP) is 7.02.